The molecule has 0 fully saturated rings. The molecule has 2 aliphatic heterocycles. The molecule has 0 unspecified atom stereocenters. The largest absolute Gasteiger partial charge is 0.495 e. The molecule has 14 rings (SSSR count). The van der Waals surface area contributed by atoms with Crippen molar-refractivity contribution < 1.29 is 9.47 Å². The third kappa shape index (κ3) is 9.61. The van der Waals surface area contributed by atoms with Gasteiger partial charge in [-0.15, -0.1) is 0 Å². The minimum Gasteiger partial charge on any atom is -0.495 e. The molecule has 0 atom stereocenters. The average molecular weight is 1110 g/mol. The number of para-hydroxylation sites is 2. The predicted octanol–water partition coefficient (Wildman–Crippen LogP) is 18.0. The first-order valence-electron chi connectivity index (χ1n) is 27.9. The number of hydrogen-bond acceptors (Lipinski definition) is 10. The van der Waals surface area contributed by atoms with Crippen LogP contribution in [-0.2, 0) is 0 Å². The summed E-state index contributed by atoms with van der Waals surface area (Å²) in [5.41, 5.74) is 14.5. The van der Waals surface area contributed by atoms with Gasteiger partial charge in [0.2, 0.25) is 0 Å². The van der Waals surface area contributed by atoms with Crippen LogP contribution in [0, 0.1) is 22.7 Å². The molecule has 12 heteroatoms. The Labute approximate surface area is 496 Å². The summed E-state index contributed by atoms with van der Waals surface area (Å²) in [6, 6.07) is 85.3. The standard InChI is InChI=1S/C74H50N10O2/c1-85-67-41-51(29-37-65(67)83(55-17-5-3-6-18-55)57-33-25-47(26-34-57)53-31-39-69(77-45-53)81-73-59-21-9-13-49-15-11-23-63(79-73)71(49)59)61(43-75)62(44-76)52-30-38-66(68(42-52)86-2)84(56-19-7-4-8-20-56)58-35-27-48(28-36-58)54-32-40-70(78-46-54)82-74-60-22-10-14-50-16-12-24-64(80-74)72(50)60/h3-42,45-46H,1-2H3,(H,77,79,81)(H,78,80,82)/b62-61+. The van der Waals surface area contributed by atoms with Crippen molar-refractivity contribution in [2.45, 2.75) is 0 Å². The van der Waals surface area contributed by atoms with Crippen LogP contribution in [0.5, 0.6) is 11.5 Å². The number of ether oxygens (including phenoxy) is 2. The number of methoxy groups -OCH3 is 2. The van der Waals surface area contributed by atoms with Gasteiger partial charge in [0.1, 0.15) is 35.3 Å². The molecule has 4 heterocycles. The van der Waals surface area contributed by atoms with E-state index in [4.69, 9.17) is 29.4 Å². The van der Waals surface area contributed by atoms with Crippen LogP contribution < -0.4 is 29.9 Å². The van der Waals surface area contributed by atoms with Gasteiger partial charge in [0.15, 0.2) is 11.6 Å². The van der Waals surface area contributed by atoms with Crippen molar-refractivity contribution in [3.8, 4) is 45.9 Å². The van der Waals surface area contributed by atoms with E-state index in [0.717, 1.165) is 90.6 Å². The molecule has 2 N–H and O–H groups in total. The highest BCUT2D eigenvalue weighted by Crippen LogP contribution is 2.46. The van der Waals surface area contributed by atoms with Crippen LogP contribution in [0.3, 0.4) is 0 Å². The minimum absolute atomic E-state index is 0.180. The van der Waals surface area contributed by atoms with E-state index in [1.165, 1.54) is 21.5 Å². The topological polar surface area (TPSA) is 147 Å². The van der Waals surface area contributed by atoms with Crippen molar-refractivity contribution in [3.63, 3.8) is 0 Å². The summed E-state index contributed by atoms with van der Waals surface area (Å²) in [6.07, 6.45) is 3.69. The SMILES string of the molecule is COc1cc(/C(C#N)=C(\C#N)c2ccc(N(c3ccccc3)c3ccc(-c4ccc(/N=C5\Nc6cccc7cccc5c67)nc4)cc3)c(OC)c2)ccc1N(c1ccccc1)c1ccc(-c2ccc(/N=C3\Nc4cccc5cccc3c45)nc2)cc1. The van der Waals surface area contributed by atoms with Gasteiger partial charge >= 0.3 is 0 Å². The highest BCUT2D eigenvalue weighted by atomic mass is 16.5. The number of hydrogen-bond donors (Lipinski definition) is 2. The lowest BCUT2D eigenvalue weighted by Crippen LogP contribution is -2.11. The van der Waals surface area contributed by atoms with Gasteiger partial charge in [-0.3, -0.25) is 0 Å². The maximum absolute atomic E-state index is 10.9. The van der Waals surface area contributed by atoms with Gasteiger partial charge in [0.25, 0.3) is 0 Å². The van der Waals surface area contributed by atoms with Gasteiger partial charge in [-0.25, -0.2) is 20.0 Å². The quantitative estimate of drug-likeness (QED) is 0.0797. The van der Waals surface area contributed by atoms with Crippen LogP contribution in [0.25, 0.3) is 54.9 Å². The number of benzene rings is 10. The first kappa shape index (κ1) is 52.0. The maximum Gasteiger partial charge on any atom is 0.154 e. The number of nitrogens with zero attached hydrogens (tertiary/aromatic N) is 8. The van der Waals surface area contributed by atoms with Crippen LogP contribution in [0.1, 0.15) is 22.3 Å². The number of pyridine rings is 2. The van der Waals surface area contributed by atoms with Gasteiger partial charge in [0.05, 0.1) is 36.7 Å². The highest BCUT2D eigenvalue weighted by Gasteiger charge is 2.25. The molecule has 0 spiro atoms. The van der Waals surface area contributed by atoms with E-state index in [0.29, 0.717) is 34.3 Å². The zero-order valence-electron chi connectivity index (χ0n) is 46.6. The van der Waals surface area contributed by atoms with Crippen LogP contribution >= 0.6 is 0 Å². The van der Waals surface area contributed by atoms with E-state index in [9.17, 15) is 10.5 Å². The molecule has 0 saturated heterocycles. The van der Waals surface area contributed by atoms with Gasteiger partial charge in [-0.2, -0.15) is 10.5 Å². The Morgan fingerprint density at radius 3 is 1.16 bits per heavy atom. The fourth-order valence-electron chi connectivity index (χ4n) is 11.5. The number of allylic oxidation sites excluding steroid dienone is 2. The Morgan fingerprint density at radius 1 is 0.407 bits per heavy atom. The van der Waals surface area contributed by atoms with Crippen LogP contribution in [0.2, 0.25) is 0 Å². The van der Waals surface area contributed by atoms with Crippen molar-refractivity contribution in [3.05, 3.63) is 277 Å². The zero-order chi connectivity index (χ0) is 58.1. The average Bonchev–Trinajstić information content (AvgIpc) is 2.26. The monoisotopic (exact) mass is 1110 g/mol. The second-order valence-electron chi connectivity index (χ2n) is 20.6. The molecule has 0 radical (unpaired) electrons. The van der Waals surface area contributed by atoms with Crippen LogP contribution in [0.4, 0.5) is 57.1 Å². The molecule has 408 valence electrons. The molecule has 12 aromatic rings. The minimum atomic E-state index is 0.180. The normalized spacial score (nSPS) is 13.2. The number of anilines is 8. The number of rotatable bonds is 14. The maximum atomic E-state index is 10.9. The van der Waals surface area contributed by atoms with E-state index in [2.05, 4.69) is 130 Å². The van der Waals surface area contributed by atoms with E-state index in [1.54, 1.807) is 14.2 Å². The zero-order valence-corrected chi connectivity index (χ0v) is 46.6. The Hall–Kier alpha value is -12.1. The second-order valence-corrected chi connectivity index (χ2v) is 20.6. The third-order valence-corrected chi connectivity index (χ3v) is 15.6. The third-order valence-electron chi connectivity index (χ3n) is 15.6. The lowest BCUT2D eigenvalue weighted by molar-refractivity contribution is 0.415. The lowest BCUT2D eigenvalue weighted by Gasteiger charge is -2.28. The fraction of sp³-hybridized carbons (Fsp3) is 0.0270. The van der Waals surface area contributed by atoms with E-state index in [-0.39, 0.29) is 11.1 Å². The van der Waals surface area contributed by atoms with E-state index in [1.807, 2.05) is 158 Å². The molecule has 0 aliphatic carbocycles. The van der Waals surface area contributed by atoms with Crippen LogP contribution in [-0.4, -0.2) is 35.9 Å². The number of nitriles is 2. The summed E-state index contributed by atoms with van der Waals surface area (Å²) in [4.78, 5) is 23.5. The molecular formula is C74H50N10O2. The van der Waals surface area contributed by atoms with Gasteiger partial charge < -0.3 is 29.9 Å². The number of amidine groups is 2. The Balaban J connectivity index is 0.730. The van der Waals surface area contributed by atoms with E-state index >= 15 is 0 Å². The molecule has 86 heavy (non-hydrogen) atoms. The smallest absolute Gasteiger partial charge is 0.154 e. The summed E-state index contributed by atoms with van der Waals surface area (Å²) in [5, 5.41) is 33.4. The molecule has 0 saturated carbocycles. The van der Waals surface area contributed by atoms with Crippen molar-refractivity contribution >= 4 is 101 Å². The molecule has 10 aromatic carbocycles. The lowest BCUT2D eigenvalue weighted by atomic mass is 9.95. The van der Waals surface area contributed by atoms with Gasteiger partial charge in [-0.1, -0.05) is 133 Å². The van der Waals surface area contributed by atoms with Crippen LogP contribution in [0.15, 0.2) is 265 Å². The summed E-state index contributed by atoms with van der Waals surface area (Å²) < 4.78 is 12.3. The first-order chi connectivity index (χ1) is 42.4. The number of nitrogens with one attached hydrogen (secondary N) is 2. The molecule has 0 amide bonds. The molecular weight excluding hydrogens is 1060 g/mol. The van der Waals surface area contributed by atoms with E-state index < -0.39 is 0 Å². The summed E-state index contributed by atoms with van der Waals surface area (Å²) in [5.74, 6) is 3.77. The van der Waals surface area contributed by atoms with Crippen molar-refractivity contribution in [2.75, 3.05) is 34.7 Å². The molecule has 0 bridgehead atoms. The molecule has 12 nitrogen and oxygen atoms in total. The Morgan fingerprint density at radius 2 is 0.791 bits per heavy atom. The van der Waals surface area contributed by atoms with Crippen molar-refractivity contribution in [1.29, 1.82) is 10.5 Å². The van der Waals surface area contributed by atoms with Gasteiger partial charge in [0, 0.05) is 79.5 Å². The van der Waals surface area contributed by atoms with Crippen molar-refractivity contribution in [1.82, 2.24) is 9.97 Å². The molecule has 2 aliphatic rings. The number of aliphatic imine (C=N–C) groups is 2. The molecule has 2 aromatic heterocycles. The van der Waals surface area contributed by atoms with Gasteiger partial charge in [-0.05, 0) is 142 Å². The van der Waals surface area contributed by atoms with Crippen molar-refractivity contribution in [2.24, 2.45) is 9.98 Å². The number of aromatic nitrogens is 2. The summed E-state index contributed by atoms with van der Waals surface area (Å²) in [6.45, 7) is 0. The predicted molar refractivity (Wildman–Crippen MR) is 347 cm³/mol. The fourth-order valence-corrected chi connectivity index (χ4v) is 11.5. The summed E-state index contributed by atoms with van der Waals surface area (Å²) >= 11 is 0. The Bertz CT molecular complexity index is 4470. The summed E-state index contributed by atoms with van der Waals surface area (Å²) in [7, 11) is 3.21. The first-order valence-corrected chi connectivity index (χ1v) is 27.9. The highest BCUT2D eigenvalue weighted by molar-refractivity contribution is 6.27. The Kier molecular flexibility index (Phi) is 13.5. The second kappa shape index (κ2) is 22.3.